The van der Waals surface area contributed by atoms with Gasteiger partial charge in [-0.3, -0.25) is 0 Å². The van der Waals surface area contributed by atoms with Crippen molar-refractivity contribution in [2.24, 2.45) is 5.92 Å². The number of unbranched alkanes of at least 4 members (excludes halogenated alkanes) is 4. The molecule has 2 atom stereocenters. The highest BCUT2D eigenvalue weighted by Gasteiger charge is 2.36. The standard InChI is InChI=1S/C16H33N/c1-4-7-9-11-15(12-10-8-5-2)17-16-13-14(16)6-3/h14-17H,4-13H2,1-3H3. The second-order valence-electron chi connectivity index (χ2n) is 5.87. The summed E-state index contributed by atoms with van der Waals surface area (Å²) in [7, 11) is 0. The Morgan fingerprint density at radius 1 is 0.941 bits per heavy atom. The number of hydrogen-bond donors (Lipinski definition) is 1. The van der Waals surface area contributed by atoms with E-state index in [0.717, 1.165) is 18.0 Å². The van der Waals surface area contributed by atoms with Gasteiger partial charge in [0.1, 0.15) is 0 Å². The van der Waals surface area contributed by atoms with E-state index in [1.807, 2.05) is 0 Å². The minimum Gasteiger partial charge on any atom is -0.311 e. The first kappa shape index (κ1) is 15.0. The van der Waals surface area contributed by atoms with E-state index in [1.165, 1.54) is 64.2 Å². The third-order valence-corrected chi connectivity index (χ3v) is 4.21. The molecule has 0 saturated heterocycles. The molecule has 0 radical (unpaired) electrons. The van der Waals surface area contributed by atoms with E-state index in [1.54, 1.807) is 0 Å². The van der Waals surface area contributed by atoms with E-state index in [9.17, 15) is 0 Å². The molecule has 1 fully saturated rings. The molecule has 1 saturated carbocycles. The van der Waals surface area contributed by atoms with Gasteiger partial charge >= 0.3 is 0 Å². The topological polar surface area (TPSA) is 12.0 Å². The molecular formula is C16H33N. The van der Waals surface area contributed by atoms with Crippen LogP contribution in [0.2, 0.25) is 0 Å². The smallest absolute Gasteiger partial charge is 0.0102 e. The van der Waals surface area contributed by atoms with Gasteiger partial charge < -0.3 is 5.32 Å². The maximum absolute atomic E-state index is 3.91. The van der Waals surface area contributed by atoms with Gasteiger partial charge in [-0.15, -0.1) is 0 Å². The van der Waals surface area contributed by atoms with Crippen LogP contribution in [0.3, 0.4) is 0 Å². The van der Waals surface area contributed by atoms with Crippen LogP contribution in [0.1, 0.15) is 85.0 Å². The van der Waals surface area contributed by atoms with Gasteiger partial charge in [0.25, 0.3) is 0 Å². The van der Waals surface area contributed by atoms with Gasteiger partial charge in [0, 0.05) is 12.1 Å². The Hall–Kier alpha value is -0.0400. The minimum absolute atomic E-state index is 0.814. The SMILES string of the molecule is CCCCCC(CCCCC)NC1CC1CC. The van der Waals surface area contributed by atoms with Crippen molar-refractivity contribution in [3.8, 4) is 0 Å². The molecule has 0 aliphatic heterocycles. The first-order valence-electron chi connectivity index (χ1n) is 8.07. The molecule has 1 aliphatic carbocycles. The zero-order valence-electron chi connectivity index (χ0n) is 12.3. The Morgan fingerprint density at radius 3 is 1.94 bits per heavy atom. The molecule has 17 heavy (non-hydrogen) atoms. The lowest BCUT2D eigenvalue weighted by atomic mass is 10.0. The molecule has 0 spiro atoms. The lowest BCUT2D eigenvalue weighted by molar-refractivity contribution is 0.407. The van der Waals surface area contributed by atoms with Crippen LogP contribution in [0.25, 0.3) is 0 Å². The van der Waals surface area contributed by atoms with Crippen LogP contribution in [-0.2, 0) is 0 Å². The predicted octanol–water partition coefficient (Wildman–Crippen LogP) is 4.90. The second kappa shape index (κ2) is 8.97. The summed E-state index contributed by atoms with van der Waals surface area (Å²) in [5, 5.41) is 3.91. The molecule has 1 aliphatic rings. The molecule has 102 valence electrons. The quantitative estimate of drug-likeness (QED) is 0.505. The maximum atomic E-state index is 3.91. The van der Waals surface area contributed by atoms with Crippen molar-refractivity contribution in [3.05, 3.63) is 0 Å². The van der Waals surface area contributed by atoms with E-state index < -0.39 is 0 Å². The summed E-state index contributed by atoms with van der Waals surface area (Å²) in [5.74, 6) is 0.995. The van der Waals surface area contributed by atoms with Crippen molar-refractivity contribution in [1.82, 2.24) is 5.32 Å². The highest BCUT2D eigenvalue weighted by molar-refractivity contribution is 4.93. The van der Waals surface area contributed by atoms with Crippen LogP contribution < -0.4 is 5.32 Å². The number of rotatable bonds is 11. The van der Waals surface area contributed by atoms with Crippen LogP contribution in [0.15, 0.2) is 0 Å². The van der Waals surface area contributed by atoms with Crippen LogP contribution in [-0.4, -0.2) is 12.1 Å². The highest BCUT2D eigenvalue weighted by atomic mass is 15.0. The summed E-state index contributed by atoms with van der Waals surface area (Å²) >= 11 is 0. The van der Waals surface area contributed by atoms with Crippen molar-refractivity contribution < 1.29 is 0 Å². The summed E-state index contributed by atoms with van der Waals surface area (Å²) in [4.78, 5) is 0. The highest BCUT2D eigenvalue weighted by Crippen LogP contribution is 2.34. The normalized spacial score (nSPS) is 23.3. The molecule has 1 nitrogen and oxygen atoms in total. The Balaban J connectivity index is 2.16. The van der Waals surface area contributed by atoms with E-state index >= 15 is 0 Å². The molecule has 0 amide bonds. The van der Waals surface area contributed by atoms with Gasteiger partial charge in [0.15, 0.2) is 0 Å². The van der Waals surface area contributed by atoms with Crippen molar-refractivity contribution in [1.29, 1.82) is 0 Å². The third-order valence-electron chi connectivity index (χ3n) is 4.21. The van der Waals surface area contributed by atoms with Gasteiger partial charge in [-0.05, 0) is 25.2 Å². The summed E-state index contributed by atoms with van der Waals surface area (Å²) in [5.41, 5.74) is 0. The number of hydrogen-bond acceptors (Lipinski definition) is 1. The van der Waals surface area contributed by atoms with Gasteiger partial charge in [-0.1, -0.05) is 65.7 Å². The molecule has 0 aromatic heterocycles. The molecule has 1 N–H and O–H groups in total. The molecule has 2 unspecified atom stereocenters. The Bertz CT molecular complexity index is 168. The fourth-order valence-electron chi connectivity index (χ4n) is 2.80. The number of nitrogens with one attached hydrogen (secondary N) is 1. The van der Waals surface area contributed by atoms with Crippen LogP contribution in [0, 0.1) is 5.92 Å². The summed E-state index contributed by atoms with van der Waals surface area (Å²) < 4.78 is 0. The van der Waals surface area contributed by atoms with E-state index in [-0.39, 0.29) is 0 Å². The van der Waals surface area contributed by atoms with Crippen molar-refractivity contribution in [3.63, 3.8) is 0 Å². The Kier molecular flexibility index (Phi) is 7.92. The lowest BCUT2D eigenvalue weighted by Gasteiger charge is -2.19. The van der Waals surface area contributed by atoms with Gasteiger partial charge in [0.05, 0.1) is 0 Å². The molecule has 0 bridgehead atoms. The zero-order valence-corrected chi connectivity index (χ0v) is 12.3. The van der Waals surface area contributed by atoms with Crippen molar-refractivity contribution >= 4 is 0 Å². The Morgan fingerprint density at radius 2 is 1.53 bits per heavy atom. The molecule has 1 heteroatoms. The van der Waals surface area contributed by atoms with Gasteiger partial charge in [-0.25, -0.2) is 0 Å². The molecule has 0 aromatic rings. The van der Waals surface area contributed by atoms with E-state index in [2.05, 4.69) is 26.1 Å². The summed E-state index contributed by atoms with van der Waals surface area (Å²) in [6.45, 7) is 6.93. The molecule has 0 aromatic carbocycles. The zero-order chi connectivity index (χ0) is 12.5. The average molecular weight is 239 g/mol. The second-order valence-corrected chi connectivity index (χ2v) is 5.87. The Labute approximate surface area is 109 Å². The maximum Gasteiger partial charge on any atom is 0.0102 e. The fourth-order valence-corrected chi connectivity index (χ4v) is 2.80. The fraction of sp³-hybridized carbons (Fsp3) is 1.00. The summed E-state index contributed by atoms with van der Waals surface area (Å²) in [6.07, 6.45) is 14.0. The van der Waals surface area contributed by atoms with Gasteiger partial charge in [-0.2, -0.15) is 0 Å². The van der Waals surface area contributed by atoms with E-state index in [0.29, 0.717) is 0 Å². The largest absolute Gasteiger partial charge is 0.311 e. The van der Waals surface area contributed by atoms with Crippen LogP contribution in [0.5, 0.6) is 0 Å². The molecule has 0 heterocycles. The van der Waals surface area contributed by atoms with Crippen LogP contribution >= 0.6 is 0 Å². The van der Waals surface area contributed by atoms with Crippen LogP contribution in [0.4, 0.5) is 0 Å². The van der Waals surface area contributed by atoms with Crippen molar-refractivity contribution in [2.45, 2.75) is 97.1 Å². The third kappa shape index (κ3) is 6.45. The monoisotopic (exact) mass is 239 g/mol. The predicted molar refractivity (Wildman–Crippen MR) is 77.4 cm³/mol. The lowest BCUT2D eigenvalue weighted by Crippen LogP contribution is -2.32. The van der Waals surface area contributed by atoms with E-state index in [4.69, 9.17) is 0 Å². The van der Waals surface area contributed by atoms with Crippen molar-refractivity contribution in [2.75, 3.05) is 0 Å². The van der Waals surface area contributed by atoms with Gasteiger partial charge in [0.2, 0.25) is 0 Å². The molecule has 1 rings (SSSR count). The minimum atomic E-state index is 0.814. The first-order chi connectivity index (χ1) is 8.31. The average Bonchev–Trinajstić information content (AvgIpc) is 3.08. The molecular weight excluding hydrogens is 206 g/mol. The first-order valence-corrected chi connectivity index (χ1v) is 8.07. The summed E-state index contributed by atoms with van der Waals surface area (Å²) in [6, 6.07) is 1.68.